The molecule has 1 heterocycles. The molecule has 0 radical (unpaired) electrons. The highest BCUT2D eigenvalue weighted by atomic mass is 32.2. The summed E-state index contributed by atoms with van der Waals surface area (Å²) >= 11 is 0. The number of aliphatic hydroxyl groups is 1. The van der Waals surface area contributed by atoms with Crippen molar-refractivity contribution in [2.24, 2.45) is 0 Å². The van der Waals surface area contributed by atoms with Gasteiger partial charge < -0.3 is 5.11 Å². The Morgan fingerprint density at radius 2 is 2.05 bits per heavy atom. The molecule has 0 bridgehead atoms. The van der Waals surface area contributed by atoms with Crippen LogP contribution in [0, 0.1) is 0 Å². The third-order valence-electron chi connectivity index (χ3n) is 2.86. The van der Waals surface area contributed by atoms with E-state index in [9.17, 15) is 8.42 Å². The molecule has 0 fully saturated rings. The fraction of sp³-hybridized carbons (Fsp3) is 0.308. The van der Waals surface area contributed by atoms with Crippen LogP contribution in [-0.2, 0) is 23.1 Å². The van der Waals surface area contributed by atoms with Crippen molar-refractivity contribution in [3.8, 4) is 0 Å². The van der Waals surface area contributed by atoms with Crippen molar-refractivity contribution in [3.05, 3.63) is 47.7 Å². The van der Waals surface area contributed by atoms with Crippen LogP contribution in [0.1, 0.15) is 18.1 Å². The molecule has 0 saturated carbocycles. The molecule has 3 N–H and O–H groups in total. The summed E-state index contributed by atoms with van der Waals surface area (Å²) in [6.45, 7) is 1.42. The zero-order valence-corrected chi connectivity index (χ0v) is 11.9. The monoisotopic (exact) mass is 295 g/mol. The van der Waals surface area contributed by atoms with Crippen LogP contribution in [0.15, 0.2) is 41.6 Å². The lowest BCUT2D eigenvalue weighted by Gasteiger charge is -2.14. The number of aromatic amines is 1. The SMILES string of the molecule is CC(Cc1ccccc1)NS(=O)(=O)c1[nH]ncc1CO. The van der Waals surface area contributed by atoms with Crippen LogP contribution >= 0.6 is 0 Å². The minimum atomic E-state index is -3.71. The molecule has 1 atom stereocenters. The first-order chi connectivity index (χ1) is 9.53. The Labute approximate surface area is 117 Å². The summed E-state index contributed by atoms with van der Waals surface area (Å²) in [6.07, 6.45) is 1.89. The van der Waals surface area contributed by atoms with E-state index in [1.165, 1.54) is 6.20 Å². The molecule has 1 unspecified atom stereocenters. The van der Waals surface area contributed by atoms with Crippen LogP contribution < -0.4 is 4.72 Å². The third-order valence-corrected chi connectivity index (χ3v) is 4.46. The molecule has 0 aliphatic heterocycles. The van der Waals surface area contributed by atoms with E-state index in [-0.39, 0.29) is 23.2 Å². The number of nitrogens with zero attached hydrogens (tertiary/aromatic N) is 1. The average molecular weight is 295 g/mol. The van der Waals surface area contributed by atoms with E-state index < -0.39 is 10.0 Å². The van der Waals surface area contributed by atoms with Crippen LogP contribution in [0.5, 0.6) is 0 Å². The van der Waals surface area contributed by atoms with Crippen LogP contribution in [0.4, 0.5) is 0 Å². The van der Waals surface area contributed by atoms with Gasteiger partial charge in [0.25, 0.3) is 10.0 Å². The second-order valence-electron chi connectivity index (χ2n) is 4.59. The van der Waals surface area contributed by atoms with Gasteiger partial charge in [0.15, 0.2) is 5.03 Å². The molecule has 20 heavy (non-hydrogen) atoms. The minimum Gasteiger partial charge on any atom is -0.392 e. The lowest BCUT2D eigenvalue weighted by molar-refractivity contribution is 0.278. The molecule has 6 nitrogen and oxygen atoms in total. The van der Waals surface area contributed by atoms with Gasteiger partial charge in [-0.05, 0) is 18.9 Å². The Morgan fingerprint density at radius 1 is 1.35 bits per heavy atom. The average Bonchev–Trinajstić information content (AvgIpc) is 2.88. The highest BCUT2D eigenvalue weighted by molar-refractivity contribution is 7.89. The number of hydrogen-bond donors (Lipinski definition) is 3. The predicted molar refractivity (Wildman–Crippen MR) is 74.4 cm³/mol. The van der Waals surface area contributed by atoms with Gasteiger partial charge in [-0.3, -0.25) is 5.10 Å². The number of rotatable bonds is 6. The third kappa shape index (κ3) is 3.44. The fourth-order valence-electron chi connectivity index (χ4n) is 1.98. The molecule has 0 saturated heterocycles. The summed E-state index contributed by atoms with van der Waals surface area (Å²) in [5.74, 6) is 0. The van der Waals surface area contributed by atoms with E-state index in [0.29, 0.717) is 6.42 Å². The van der Waals surface area contributed by atoms with Crippen LogP contribution in [0.3, 0.4) is 0 Å². The maximum Gasteiger partial charge on any atom is 0.258 e. The van der Waals surface area contributed by atoms with Crippen LogP contribution in [0.25, 0.3) is 0 Å². The van der Waals surface area contributed by atoms with E-state index in [1.807, 2.05) is 30.3 Å². The van der Waals surface area contributed by atoms with Crippen molar-refractivity contribution in [3.63, 3.8) is 0 Å². The number of aliphatic hydroxyl groups excluding tert-OH is 1. The standard InChI is InChI=1S/C13H17N3O3S/c1-10(7-11-5-3-2-4-6-11)16-20(18,19)13-12(9-17)8-14-15-13/h2-6,8,10,16-17H,7,9H2,1H3,(H,14,15). The van der Waals surface area contributed by atoms with Gasteiger partial charge in [-0.1, -0.05) is 30.3 Å². The number of hydrogen-bond acceptors (Lipinski definition) is 4. The molecule has 2 rings (SSSR count). The maximum absolute atomic E-state index is 12.2. The normalized spacial score (nSPS) is 13.3. The number of benzene rings is 1. The summed E-state index contributed by atoms with van der Waals surface area (Å²) in [5.41, 5.74) is 1.30. The quantitative estimate of drug-likeness (QED) is 0.735. The van der Waals surface area contributed by atoms with Gasteiger partial charge in [-0.2, -0.15) is 5.10 Å². The summed E-state index contributed by atoms with van der Waals surface area (Å²) in [7, 11) is -3.71. The molecule has 0 spiro atoms. The largest absolute Gasteiger partial charge is 0.392 e. The van der Waals surface area contributed by atoms with E-state index in [2.05, 4.69) is 14.9 Å². The van der Waals surface area contributed by atoms with Gasteiger partial charge in [-0.15, -0.1) is 0 Å². The van der Waals surface area contributed by atoms with Gasteiger partial charge >= 0.3 is 0 Å². The molecule has 1 aromatic heterocycles. The van der Waals surface area contributed by atoms with E-state index >= 15 is 0 Å². The lowest BCUT2D eigenvalue weighted by Crippen LogP contribution is -2.34. The Morgan fingerprint density at radius 3 is 2.70 bits per heavy atom. The Balaban J connectivity index is 2.09. The summed E-state index contributed by atoms with van der Waals surface area (Å²) in [6, 6.07) is 9.36. The van der Waals surface area contributed by atoms with Gasteiger partial charge in [-0.25, -0.2) is 13.1 Å². The molecule has 7 heteroatoms. The van der Waals surface area contributed by atoms with Crippen molar-refractivity contribution in [2.45, 2.75) is 31.0 Å². The molecular formula is C13H17N3O3S. The van der Waals surface area contributed by atoms with Crippen molar-refractivity contribution >= 4 is 10.0 Å². The van der Waals surface area contributed by atoms with E-state index in [4.69, 9.17) is 5.11 Å². The van der Waals surface area contributed by atoms with Crippen LogP contribution in [0.2, 0.25) is 0 Å². The second kappa shape index (κ2) is 6.17. The number of H-pyrrole nitrogens is 1. The molecule has 0 aliphatic carbocycles. The summed E-state index contributed by atoms with van der Waals surface area (Å²) in [4.78, 5) is 0. The van der Waals surface area contributed by atoms with Crippen molar-refractivity contribution in [1.82, 2.24) is 14.9 Å². The number of aromatic nitrogens is 2. The molecule has 108 valence electrons. The Hall–Kier alpha value is -1.70. The lowest BCUT2D eigenvalue weighted by atomic mass is 10.1. The molecular weight excluding hydrogens is 278 g/mol. The first-order valence-electron chi connectivity index (χ1n) is 6.22. The molecule has 1 aromatic carbocycles. The fourth-order valence-corrected chi connectivity index (χ4v) is 3.34. The van der Waals surface area contributed by atoms with Crippen molar-refractivity contribution < 1.29 is 13.5 Å². The van der Waals surface area contributed by atoms with Gasteiger partial charge in [0, 0.05) is 11.6 Å². The highest BCUT2D eigenvalue weighted by Gasteiger charge is 2.22. The topological polar surface area (TPSA) is 95.1 Å². The minimum absolute atomic E-state index is 0.0834. The molecule has 0 amide bonds. The molecule has 0 aliphatic rings. The summed E-state index contributed by atoms with van der Waals surface area (Å²) < 4.78 is 26.9. The van der Waals surface area contributed by atoms with Gasteiger partial charge in [0.1, 0.15) is 0 Å². The van der Waals surface area contributed by atoms with E-state index in [1.54, 1.807) is 6.92 Å². The Bertz CT molecular complexity index is 653. The zero-order valence-electron chi connectivity index (χ0n) is 11.1. The van der Waals surface area contributed by atoms with Gasteiger partial charge in [0.05, 0.1) is 12.8 Å². The second-order valence-corrected chi connectivity index (χ2v) is 6.25. The smallest absolute Gasteiger partial charge is 0.258 e. The maximum atomic E-state index is 12.2. The van der Waals surface area contributed by atoms with Crippen molar-refractivity contribution in [1.29, 1.82) is 0 Å². The van der Waals surface area contributed by atoms with Crippen LogP contribution in [-0.4, -0.2) is 29.8 Å². The predicted octanol–water partition coefficient (Wildman–Crippen LogP) is 0.812. The van der Waals surface area contributed by atoms with E-state index in [0.717, 1.165) is 5.56 Å². The first-order valence-corrected chi connectivity index (χ1v) is 7.70. The summed E-state index contributed by atoms with van der Waals surface area (Å²) in [5, 5.41) is 15.1. The van der Waals surface area contributed by atoms with Crippen molar-refractivity contribution in [2.75, 3.05) is 0 Å². The number of sulfonamides is 1. The van der Waals surface area contributed by atoms with Gasteiger partial charge in [0.2, 0.25) is 0 Å². The zero-order chi connectivity index (χ0) is 14.6. The number of nitrogens with one attached hydrogen (secondary N) is 2. The highest BCUT2D eigenvalue weighted by Crippen LogP contribution is 2.13. The first kappa shape index (κ1) is 14.7. The Kier molecular flexibility index (Phi) is 4.53. The molecule has 2 aromatic rings.